The summed E-state index contributed by atoms with van der Waals surface area (Å²) in [5.41, 5.74) is 0. The predicted molar refractivity (Wildman–Crippen MR) is 76.3 cm³/mol. The van der Waals surface area contributed by atoms with E-state index in [1.165, 1.54) is 6.92 Å². The lowest BCUT2D eigenvalue weighted by atomic mass is 10.2. The van der Waals surface area contributed by atoms with E-state index in [1.54, 1.807) is 0 Å². The first kappa shape index (κ1) is 18.4. The number of hydrogen-bond acceptors (Lipinski definition) is 3. The molecule has 0 unspecified atom stereocenters. The molecule has 0 aliphatic rings. The van der Waals surface area contributed by atoms with E-state index in [0.717, 1.165) is 25.9 Å². The molecule has 2 N–H and O–H groups in total. The van der Waals surface area contributed by atoms with E-state index >= 15 is 0 Å². The third-order valence-corrected chi connectivity index (χ3v) is 2.88. The maximum atomic E-state index is 11.9. The molecule has 6 nitrogen and oxygen atoms in total. The lowest BCUT2D eigenvalue weighted by Crippen LogP contribution is -2.38. The van der Waals surface area contributed by atoms with Gasteiger partial charge in [0.15, 0.2) is 0 Å². The molecule has 20 heavy (non-hydrogen) atoms. The van der Waals surface area contributed by atoms with Gasteiger partial charge in [0.2, 0.25) is 11.8 Å². The van der Waals surface area contributed by atoms with Crippen LogP contribution in [0.2, 0.25) is 0 Å². The molecule has 0 rings (SSSR count). The average molecular weight is 286 g/mol. The van der Waals surface area contributed by atoms with Crippen molar-refractivity contribution in [1.29, 1.82) is 0 Å². The summed E-state index contributed by atoms with van der Waals surface area (Å²) in [5, 5.41) is 11.0. The van der Waals surface area contributed by atoms with Gasteiger partial charge in [-0.3, -0.25) is 14.4 Å². The zero-order valence-electron chi connectivity index (χ0n) is 12.6. The van der Waals surface area contributed by atoms with E-state index in [9.17, 15) is 14.4 Å². The molecule has 0 saturated carbocycles. The fourth-order valence-electron chi connectivity index (χ4n) is 1.83. The molecule has 0 spiro atoms. The van der Waals surface area contributed by atoms with E-state index < -0.39 is 12.0 Å². The monoisotopic (exact) mass is 286 g/mol. The molecule has 0 heterocycles. The zero-order valence-corrected chi connectivity index (χ0v) is 12.6. The first-order valence-corrected chi connectivity index (χ1v) is 7.22. The maximum Gasteiger partial charge on any atom is 0.325 e. The van der Waals surface area contributed by atoms with E-state index in [-0.39, 0.29) is 18.2 Å². The molecule has 0 fully saturated rings. The Morgan fingerprint density at radius 1 is 1.10 bits per heavy atom. The van der Waals surface area contributed by atoms with Gasteiger partial charge in [-0.25, -0.2) is 0 Å². The Morgan fingerprint density at radius 3 is 2.10 bits per heavy atom. The quantitative estimate of drug-likeness (QED) is 0.635. The Bertz CT molecular complexity index is 325. The molecule has 0 aliphatic heterocycles. The van der Waals surface area contributed by atoms with E-state index in [1.807, 2.05) is 18.7 Å². The number of carboxylic acids is 1. The second-order valence-electron chi connectivity index (χ2n) is 4.86. The summed E-state index contributed by atoms with van der Waals surface area (Å²) in [7, 11) is 0. The highest BCUT2D eigenvalue weighted by Gasteiger charge is 2.15. The van der Waals surface area contributed by atoms with Crippen molar-refractivity contribution >= 4 is 17.8 Å². The molecule has 2 amide bonds. The minimum absolute atomic E-state index is 0.0628. The van der Waals surface area contributed by atoms with Crippen LogP contribution in [0.5, 0.6) is 0 Å². The Labute approximate surface area is 120 Å². The summed E-state index contributed by atoms with van der Waals surface area (Å²) in [4.78, 5) is 35.8. The van der Waals surface area contributed by atoms with Crippen LogP contribution in [0.3, 0.4) is 0 Å². The summed E-state index contributed by atoms with van der Waals surface area (Å²) < 4.78 is 0. The Kier molecular flexibility index (Phi) is 9.41. The van der Waals surface area contributed by atoms with E-state index in [2.05, 4.69) is 5.32 Å². The van der Waals surface area contributed by atoms with Crippen molar-refractivity contribution < 1.29 is 19.5 Å². The minimum Gasteiger partial charge on any atom is -0.480 e. The number of carbonyl (C=O) groups is 3. The topological polar surface area (TPSA) is 86.7 Å². The molecule has 6 heteroatoms. The van der Waals surface area contributed by atoms with Crippen molar-refractivity contribution in [1.82, 2.24) is 10.2 Å². The lowest BCUT2D eigenvalue weighted by Gasteiger charge is -2.21. The highest BCUT2D eigenvalue weighted by Crippen LogP contribution is 2.03. The van der Waals surface area contributed by atoms with Gasteiger partial charge in [-0.05, 0) is 26.2 Å². The normalized spacial score (nSPS) is 11.8. The van der Waals surface area contributed by atoms with Gasteiger partial charge in [0.1, 0.15) is 6.04 Å². The molecular formula is C14H26N2O4. The van der Waals surface area contributed by atoms with E-state index in [0.29, 0.717) is 12.8 Å². The van der Waals surface area contributed by atoms with Crippen molar-refractivity contribution in [3.63, 3.8) is 0 Å². The second kappa shape index (κ2) is 10.2. The van der Waals surface area contributed by atoms with Crippen molar-refractivity contribution in [3.8, 4) is 0 Å². The summed E-state index contributed by atoms with van der Waals surface area (Å²) in [6.45, 7) is 6.95. The maximum absolute atomic E-state index is 11.9. The molecular weight excluding hydrogens is 260 g/mol. The van der Waals surface area contributed by atoms with Crippen molar-refractivity contribution in [2.45, 2.75) is 58.9 Å². The van der Waals surface area contributed by atoms with E-state index in [4.69, 9.17) is 5.11 Å². The molecule has 0 aliphatic carbocycles. The third kappa shape index (κ3) is 7.76. The summed E-state index contributed by atoms with van der Waals surface area (Å²) >= 11 is 0. The molecule has 0 aromatic carbocycles. The van der Waals surface area contributed by atoms with Crippen molar-refractivity contribution in [3.05, 3.63) is 0 Å². The van der Waals surface area contributed by atoms with Crippen LogP contribution in [0.25, 0.3) is 0 Å². The zero-order chi connectivity index (χ0) is 15.5. The van der Waals surface area contributed by atoms with Crippen LogP contribution < -0.4 is 5.32 Å². The summed E-state index contributed by atoms with van der Waals surface area (Å²) in [6, 6.07) is -0.894. The van der Waals surface area contributed by atoms with Crippen molar-refractivity contribution in [2.24, 2.45) is 0 Å². The van der Waals surface area contributed by atoms with Gasteiger partial charge in [0.25, 0.3) is 0 Å². The number of carboxylic acid groups (broad SMARTS) is 1. The van der Waals surface area contributed by atoms with Gasteiger partial charge in [-0.15, -0.1) is 0 Å². The second-order valence-corrected chi connectivity index (χ2v) is 4.86. The van der Waals surface area contributed by atoms with Gasteiger partial charge >= 0.3 is 5.97 Å². The van der Waals surface area contributed by atoms with Gasteiger partial charge in [0, 0.05) is 25.9 Å². The molecule has 0 saturated heterocycles. The Balaban J connectivity index is 4.00. The number of nitrogens with zero attached hydrogens (tertiary/aromatic N) is 1. The summed E-state index contributed by atoms with van der Waals surface area (Å²) in [6.07, 6.45) is 2.79. The van der Waals surface area contributed by atoms with Gasteiger partial charge in [-0.1, -0.05) is 13.8 Å². The highest BCUT2D eigenvalue weighted by molar-refractivity contribution is 5.83. The number of hydrogen-bond donors (Lipinski definition) is 2. The minimum atomic E-state index is -1.06. The number of amides is 2. The number of carbonyl (C=O) groups excluding carboxylic acids is 2. The molecule has 0 aromatic rings. The molecule has 0 bridgehead atoms. The lowest BCUT2D eigenvalue weighted by molar-refractivity contribution is -0.141. The van der Waals surface area contributed by atoms with Gasteiger partial charge in [-0.2, -0.15) is 0 Å². The first-order valence-electron chi connectivity index (χ1n) is 7.22. The van der Waals surface area contributed by atoms with Crippen LogP contribution in [0.15, 0.2) is 0 Å². The van der Waals surface area contributed by atoms with Crippen molar-refractivity contribution in [2.75, 3.05) is 13.1 Å². The first-order chi connectivity index (χ1) is 9.42. The predicted octanol–water partition coefficient (Wildman–Crippen LogP) is 1.39. The number of nitrogens with one attached hydrogen (secondary N) is 1. The highest BCUT2D eigenvalue weighted by atomic mass is 16.4. The fourth-order valence-corrected chi connectivity index (χ4v) is 1.83. The standard InChI is InChI=1S/C14H26N2O4/c1-4-9-16(10-5-2)13(18)8-6-7-12(17)15-11(3)14(19)20/h11H,4-10H2,1-3H3,(H,15,17)(H,19,20)/t11-/m0/s1. The Morgan fingerprint density at radius 2 is 1.65 bits per heavy atom. The molecule has 1 atom stereocenters. The SMILES string of the molecule is CCCN(CCC)C(=O)CCCC(=O)N[C@@H](C)C(=O)O. The Hall–Kier alpha value is -1.59. The van der Waals surface area contributed by atoms with Crippen LogP contribution in [-0.2, 0) is 14.4 Å². The van der Waals surface area contributed by atoms with Crippen LogP contribution >= 0.6 is 0 Å². The van der Waals surface area contributed by atoms with Crippen LogP contribution in [0.4, 0.5) is 0 Å². The van der Waals surface area contributed by atoms with Gasteiger partial charge in [0.05, 0.1) is 0 Å². The largest absolute Gasteiger partial charge is 0.480 e. The van der Waals surface area contributed by atoms with Crippen LogP contribution in [0, 0.1) is 0 Å². The number of aliphatic carboxylic acids is 1. The number of rotatable bonds is 10. The molecule has 0 aromatic heterocycles. The third-order valence-electron chi connectivity index (χ3n) is 2.88. The molecule has 0 radical (unpaired) electrons. The van der Waals surface area contributed by atoms with Crippen LogP contribution in [-0.4, -0.2) is 46.9 Å². The molecule has 116 valence electrons. The average Bonchev–Trinajstić information content (AvgIpc) is 2.38. The fraction of sp³-hybridized carbons (Fsp3) is 0.786. The van der Waals surface area contributed by atoms with Gasteiger partial charge < -0.3 is 15.3 Å². The van der Waals surface area contributed by atoms with Crippen LogP contribution in [0.1, 0.15) is 52.9 Å². The summed E-state index contributed by atoms with van der Waals surface area (Å²) in [5.74, 6) is -1.33. The smallest absolute Gasteiger partial charge is 0.325 e.